The van der Waals surface area contributed by atoms with Crippen LogP contribution in [0.2, 0.25) is 0 Å². The van der Waals surface area contributed by atoms with Crippen molar-refractivity contribution in [2.75, 3.05) is 7.11 Å². The molecule has 1 fully saturated rings. The minimum atomic E-state index is -0.383. The summed E-state index contributed by atoms with van der Waals surface area (Å²) in [6, 6.07) is 5.24. The molecule has 92 valence electrons. The van der Waals surface area contributed by atoms with Crippen LogP contribution >= 0.6 is 0 Å². The van der Waals surface area contributed by atoms with E-state index in [4.69, 9.17) is 4.74 Å². The number of benzene rings is 1. The Morgan fingerprint density at radius 1 is 1.53 bits per heavy atom. The van der Waals surface area contributed by atoms with E-state index in [9.17, 15) is 10.1 Å². The molecule has 0 unspecified atom stereocenters. The summed E-state index contributed by atoms with van der Waals surface area (Å²) in [5.74, 6) is 0.697. The number of nitrogens with zero attached hydrogens (tertiary/aromatic N) is 1. The van der Waals surface area contributed by atoms with Crippen molar-refractivity contribution >= 4 is 5.69 Å². The first-order chi connectivity index (χ1) is 8.20. The van der Waals surface area contributed by atoms with Gasteiger partial charge in [-0.05, 0) is 18.9 Å². The van der Waals surface area contributed by atoms with Crippen LogP contribution in [0.1, 0.15) is 24.8 Å². The van der Waals surface area contributed by atoms with Gasteiger partial charge in [0.2, 0.25) is 0 Å². The van der Waals surface area contributed by atoms with Crippen LogP contribution in [-0.4, -0.2) is 18.1 Å². The van der Waals surface area contributed by atoms with Crippen molar-refractivity contribution in [2.45, 2.75) is 31.8 Å². The van der Waals surface area contributed by atoms with E-state index >= 15 is 0 Å². The van der Waals surface area contributed by atoms with Crippen molar-refractivity contribution in [1.82, 2.24) is 5.32 Å². The third-order valence-corrected chi connectivity index (χ3v) is 3.16. The van der Waals surface area contributed by atoms with Gasteiger partial charge >= 0.3 is 0 Å². The van der Waals surface area contributed by atoms with Crippen LogP contribution in [0.4, 0.5) is 5.69 Å². The van der Waals surface area contributed by atoms with Crippen LogP contribution in [0.5, 0.6) is 5.75 Å². The molecule has 1 aliphatic rings. The van der Waals surface area contributed by atoms with Crippen LogP contribution in [0, 0.1) is 10.1 Å². The Hall–Kier alpha value is -1.62. The zero-order chi connectivity index (χ0) is 12.3. The Balaban J connectivity index is 2.10. The number of nitro benzene ring substituents is 1. The standard InChI is InChI=1S/C12H16N2O3/c1-17-12-6-5-11(14(15)16)7-9(12)8-13-10-3-2-4-10/h5-7,10,13H,2-4,8H2,1H3. The van der Waals surface area contributed by atoms with Gasteiger partial charge in [0.1, 0.15) is 5.75 Å². The Labute approximate surface area is 99.9 Å². The molecule has 0 aromatic heterocycles. The van der Waals surface area contributed by atoms with Crippen LogP contribution in [0.25, 0.3) is 0 Å². The van der Waals surface area contributed by atoms with Crippen LogP contribution in [0.3, 0.4) is 0 Å². The summed E-state index contributed by atoms with van der Waals surface area (Å²) in [5.41, 5.74) is 0.949. The summed E-state index contributed by atoms with van der Waals surface area (Å²) in [6.45, 7) is 0.621. The molecule has 5 heteroatoms. The van der Waals surface area contributed by atoms with Crippen molar-refractivity contribution in [1.29, 1.82) is 0 Å². The van der Waals surface area contributed by atoms with Gasteiger partial charge in [-0.2, -0.15) is 0 Å². The van der Waals surface area contributed by atoms with Gasteiger partial charge in [0.15, 0.2) is 0 Å². The summed E-state index contributed by atoms with van der Waals surface area (Å²) in [5, 5.41) is 14.1. The van der Waals surface area contributed by atoms with Gasteiger partial charge in [-0.25, -0.2) is 0 Å². The molecule has 0 spiro atoms. The van der Waals surface area contributed by atoms with E-state index in [1.807, 2.05) is 0 Å². The lowest BCUT2D eigenvalue weighted by molar-refractivity contribution is -0.384. The predicted molar refractivity (Wildman–Crippen MR) is 64.1 cm³/mol. The smallest absolute Gasteiger partial charge is 0.270 e. The molecular weight excluding hydrogens is 220 g/mol. The fourth-order valence-electron chi connectivity index (χ4n) is 1.88. The van der Waals surface area contributed by atoms with Crippen LogP contribution in [0.15, 0.2) is 18.2 Å². The van der Waals surface area contributed by atoms with Crippen LogP contribution in [-0.2, 0) is 6.54 Å². The van der Waals surface area contributed by atoms with E-state index in [-0.39, 0.29) is 10.6 Å². The monoisotopic (exact) mass is 236 g/mol. The van der Waals surface area contributed by atoms with E-state index in [0.29, 0.717) is 18.3 Å². The molecular formula is C12H16N2O3. The average Bonchev–Trinajstić information content (AvgIpc) is 2.26. The molecule has 17 heavy (non-hydrogen) atoms. The molecule has 0 atom stereocenters. The van der Waals surface area contributed by atoms with E-state index in [1.54, 1.807) is 19.2 Å². The lowest BCUT2D eigenvalue weighted by Gasteiger charge is -2.26. The van der Waals surface area contributed by atoms with Gasteiger partial charge in [0.25, 0.3) is 5.69 Å². The molecule has 1 aliphatic carbocycles. The number of nitro groups is 1. The second-order valence-electron chi connectivity index (χ2n) is 4.26. The molecule has 1 saturated carbocycles. The average molecular weight is 236 g/mol. The molecule has 0 saturated heterocycles. The summed E-state index contributed by atoms with van der Waals surface area (Å²) in [6.07, 6.45) is 3.65. The van der Waals surface area contributed by atoms with Crippen molar-refractivity contribution in [3.63, 3.8) is 0 Å². The molecule has 1 N–H and O–H groups in total. The maximum absolute atomic E-state index is 10.7. The Kier molecular flexibility index (Phi) is 3.58. The number of ether oxygens (including phenoxy) is 1. The molecule has 0 bridgehead atoms. The maximum atomic E-state index is 10.7. The number of rotatable bonds is 5. The minimum absolute atomic E-state index is 0.108. The zero-order valence-corrected chi connectivity index (χ0v) is 9.81. The Morgan fingerprint density at radius 3 is 2.82 bits per heavy atom. The first-order valence-corrected chi connectivity index (χ1v) is 5.75. The van der Waals surface area contributed by atoms with E-state index in [1.165, 1.54) is 25.3 Å². The van der Waals surface area contributed by atoms with E-state index in [2.05, 4.69) is 5.32 Å². The minimum Gasteiger partial charge on any atom is -0.496 e. The normalized spacial score (nSPS) is 15.4. The fraction of sp³-hybridized carbons (Fsp3) is 0.500. The Morgan fingerprint density at radius 2 is 2.29 bits per heavy atom. The van der Waals surface area contributed by atoms with E-state index in [0.717, 1.165) is 5.56 Å². The molecule has 0 radical (unpaired) electrons. The molecule has 0 aliphatic heterocycles. The number of nitrogens with one attached hydrogen (secondary N) is 1. The van der Waals surface area contributed by atoms with E-state index < -0.39 is 0 Å². The molecule has 1 aromatic rings. The molecule has 0 heterocycles. The van der Waals surface area contributed by atoms with Crippen molar-refractivity contribution in [3.8, 4) is 5.75 Å². The van der Waals surface area contributed by atoms with Gasteiger partial charge in [-0.3, -0.25) is 10.1 Å². The number of methoxy groups -OCH3 is 1. The lowest BCUT2D eigenvalue weighted by Crippen LogP contribution is -2.34. The van der Waals surface area contributed by atoms with Crippen molar-refractivity contribution in [3.05, 3.63) is 33.9 Å². The first kappa shape index (κ1) is 11.9. The number of hydrogen-bond donors (Lipinski definition) is 1. The topological polar surface area (TPSA) is 64.4 Å². The highest BCUT2D eigenvalue weighted by Crippen LogP contribution is 2.25. The third kappa shape index (κ3) is 2.74. The summed E-state index contributed by atoms with van der Waals surface area (Å²) in [7, 11) is 1.58. The third-order valence-electron chi connectivity index (χ3n) is 3.16. The van der Waals surface area contributed by atoms with Gasteiger partial charge in [-0.15, -0.1) is 0 Å². The largest absolute Gasteiger partial charge is 0.496 e. The van der Waals surface area contributed by atoms with Gasteiger partial charge in [-0.1, -0.05) is 6.42 Å². The predicted octanol–water partition coefficient (Wildman–Crippen LogP) is 2.25. The van der Waals surface area contributed by atoms with Crippen molar-refractivity contribution < 1.29 is 9.66 Å². The second-order valence-corrected chi connectivity index (χ2v) is 4.26. The molecule has 0 amide bonds. The fourth-order valence-corrected chi connectivity index (χ4v) is 1.88. The summed E-state index contributed by atoms with van der Waals surface area (Å²) >= 11 is 0. The maximum Gasteiger partial charge on any atom is 0.270 e. The second kappa shape index (κ2) is 5.14. The zero-order valence-electron chi connectivity index (χ0n) is 9.81. The van der Waals surface area contributed by atoms with Gasteiger partial charge in [0, 0.05) is 30.3 Å². The van der Waals surface area contributed by atoms with Gasteiger partial charge < -0.3 is 10.1 Å². The highest BCUT2D eigenvalue weighted by molar-refractivity contribution is 5.43. The first-order valence-electron chi connectivity index (χ1n) is 5.75. The number of non-ortho nitro benzene ring substituents is 1. The van der Waals surface area contributed by atoms with Crippen LogP contribution < -0.4 is 10.1 Å². The highest BCUT2D eigenvalue weighted by Gasteiger charge is 2.18. The summed E-state index contributed by atoms with van der Waals surface area (Å²) in [4.78, 5) is 10.3. The number of hydrogen-bond acceptors (Lipinski definition) is 4. The van der Waals surface area contributed by atoms with Crippen molar-refractivity contribution in [2.24, 2.45) is 0 Å². The highest BCUT2D eigenvalue weighted by atomic mass is 16.6. The molecule has 2 rings (SSSR count). The lowest BCUT2D eigenvalue weighted by atomic mass is 9.93. The quantitative estimate of drug-likeness (QED) is 0.629. The molecule has 5 nitrogen and oxygen atoms in total. The van der Waals surface area contributed by atoms with Gasteiger partial charge in [0.05, 0.1) is 12.0 Å². The summed E-state index contributed by atoms with van der Waals surface area (Å²) < 4.78 is 5.20. The SMILES string of the molecule is COc1ccc([N+](=O)[O-])cc1CNC1CCC1. The Bertz CT molecular complexity index is 416. The molecule has 1 aromatic carbocycles.